The van der Waals surface area contributed by atoms with Crippen LogP contribution in [0.4, 0.5) is 11.4 Å². The lowest BCUT2D eigenvalue weighted by atomic mass is 10.1. The fourth-order valence-electron chi connectivity index (χ4n) is 4.24. The number of carbonyl (C=O) groups is 1. The first-order chi connectivity index (χ1) is 17.4. The first-order valence-electron chi connectivity index (χ1n) is 12.6. The summed E-state index contributed by atoms with van der Waals surface area (Å²) in [6.45, 7) is 8.86. The van der Waals surface area contributed by atoms with E-state index in [2.05, 4.69) is 39.9 Å². The third-order valence-corrected chi connectivity index (χ3v) is 8.04. The smallest absolute Gasteiger partial charge is 0.266 e. The molecule has 2 saturated heterocycles. The molecule has 2 heterocycles. The van der Waals surface area contributed by atoms with Crippen molar-refractivity contribution in [1.29, 1.82) is 0 Å². The summed E-state index contributed by atoms with van der Waals surface area (Å²) >= 11 is 5.01. The Balaban J connectivity index is 1.56. The Hall–Kier alpha value is -2.45. The van der Waals surface area contributed by atoms with E-state index in [1.807, 2.05) is 44.2 Å². The molecule has 2 fully saturated rings. The summed E-state index contributed by atoms with van der Waals surface area (Å²) < 4.78 is 12.4. The molecule has 0 aliphatic carbocycles. The van der Waals surface area contributed by atoms with Gasteiger partial charge in [0.2, 0.25) is 0 Å². The normalized spacial score (nSPS) is 19.3. The predicted octanol–water partition coefficient (Wildman–Crippen LogP) is 7.25. The number of amides is 1. The standard InChI is InChI=1S/C28H34BrN3O3S/c1-5-19(3)35-26-23(29)16-20(17-24(26)34-4)18-25-27(33)32(6-2)28(36-25)30-21-10-12-22(13-11-21)31-14-8-7-9-15-31/h10-13,16-19H,5-9,14-15H2,1-4H3/b25-18-,30-28?/t19-/m1/s1. The van der Waals surface area contributed by atoms with E-state index < -0.39 is 0 Å². The zero-order valence-electron chi connectivity index (χ0n) is 21.4. The van der Waals surface area contributed by atoms with Gasteiger partial charge in [0.25, 0.3) is 5.91 Å². The molecule has 192 valence electrons. The highest BCUT2D eigenvalue weighted by Crippen LogP contribution is 2.40. The molecule has 8 heteroatoms. The Morgan fingerprint density at radius 1 is 1.14 bits per heavy atom. The van der Waals surface area contributed by atoms with E-state index in [-0.39, 0.29) is 12.0 Å². The lowest BCUT2D eigenvalue weighted by Crippen LogP contribution is -2.29. The number of methoxy groups -OCH3 is 1. The van der Waals surface area contributed by atoms with Gasteiger partial charge in [-0.1, -0.05) is 6.92 Å². The Morgan fingerprint density at radius 3 is 2.50 bits per heavy atom. The lowest BCUT2D eigenvalue weighted by Gasteiger charge is -2.28. The number of anilines is 1. The maximum absolute atomic E-state index is 13.2. The molecule has 0 N–H and O–H groups in total. The van der Waals surface area contributed by atoms with Crippen molar-refractivity contribution in [2.24, 2.45) is 4.99 Å². The van der Waals surface area contributed by atoms with Crippen molar-refractivity contribution in [1.82, 2.24) is 4.90 Å². The number of amidine groups is 1. The number of rotatable bonds is 8. The molecule has 0 saturated carbocycles. The molecule has 0 radical (unpaired) electrons. The zero-order valence-corrected chi connectivity index (χ0v) is 23.8. The van der Waals surface area contributed by atoms with Crippen molar-refractivity contribution in [3.63, 3.8) is 0 Å². The van der Waals surface area contributed by atoms with E-state index in [0.29, 0.717) is 28.1 Å². The summed E-state index contributed by atoms with van der Waals surface area (Å²) in [5, 5.41) is 0.697. The molecule has 2 aliphatic rings. The highest BCUT2D eigenvalue weighted by atomic mass is 79.9. The number of hydrogen-bond acceptors (Lipinski definition) is 6. The Morgan fingerprint density at radius 2 is 1.86 bits per heavy atom. The van der Waals surface area contributed by atoms with E-state index in [4.69, 9.17) is 14.5 Å². The third kappa shape index (κ3) is 6.09. The minimum absolute atomic E-state index is 0.0405. The van der Waals surface area contributed by atoms with Crippen LogP contribution in [0.1, 0.15) is 52.0 Å². The molecular formula is C28H34BrN3O3S. The van der Waals surface area contributed by atoms with Gasteiger partial charge in [0.1, 0.15) is 0 Å². The maximum Gasteiger partial charge on any atom is 0.266 e. The number of ether oxygens (including phenoxy) is 2. The minimum Gasteiger partial charge on any atom is -0.493 e. The summed E-state index contributed by atoms with van der Waals surface area (Å²) in [6, 6.07) is 12.2. The molecular weight excluding hydrogens is 538 g/mol. The molecule has 2 aliphatic heterocycles. The first-order valence-corrected chi connectivity index (χ1v) is 14.2. The van der Waals surface area contributed by atoms with Gasteiger partial charge in [-0.2, -0.15) is 0 Å². The Labute approximate surface area is 226 Å². The van der Waals surface area contributed by atoms with Gasteiger partial charge >= 0.3 is 0 Å². The number of halogens is 1. The molecule has 0 aromatic heterocycles. The topological polar surface area (TPSA) is 54.4 Å². The fourth-order valence-corrected chi connectivity index (χ4v) is 5.86. The number of benzene rings is 2. The average molecular weight is 573 g/mol. The summed E-state index contributed by atoms with van der Waals surface area (Å²) in [4.78, 5) is 22.8. The number of piperidine rings is 1. The van der Waals surface area contributed by atoms with Crippen molar-refractivity contribution < 1.29 is 14.3 Å². The number of hydrogen-bond donors (Lipinski definition) is 0. The minimum atomic E-state index is -0.0405. The fraction of sp³-hybridized carbons (Fsp3) is 0.429. The Bertz CT molecular complexity index is 1140. The van der Waals surface area contributed by atoms with Gasteiger partial charge in [-0.05, 0) is 115 Å². The van der Waals surface area contributed by atoms with Crippen LogP contribution in [0.3, 0.4) is 0 Å². The monoisotopic (exact) mass is 571 g/mol. The summed E-state index contributed by atoms with van der Waals surface area (Å²) in [7, 11) is 1.62. The van der Waals surface area contributed by atoms with Crippen LogP contribution in [-0.4, -0.2) is 48.8 Å². The van der Waals surface area contributed by atoms with Crippen LogP contribution in [0.2, 0.25) is 0 Å². The molecule has 2 aromatic rings. The van der Waals surface area contributed by atoms with E-state index in [1.54, 1.807) is 12.0 Å². The number of likely N-dealkylation sites (N-methyl/N-ethyl adjacent to an activating group) is 1. The van der Waals surface area contributed by atoms with E-state index in [1.165, 1.54) is 36.7 Å². The molecule has 0 bridgehead atoms. The summed E-state index contributed by atoms with van der Waals surface area (Å²) in [6.07, 6.45) is 6.66. The molecule has 0 spiro atoms. The van der Waals surface area contributed by atoms with E-state index in [0.717, 1.165) is 35.2 Å². The second-order valence-corrected chi connectivity index (χ2v) is 10.9. The van der Waals surface area contributed by atoms with Crippen LogP contribution < -0.4 is 14.4 Å². The van der Waals surface area contributed by atoms with Crippen molar-refractivity contribution in [3.05, 3.63) is 51.3 Å². The number of nitrogens with zero attached hydrogens (tertiary/aromatic N) is 3. The van der Waals surface area contributed by atoms with Crippen LogP contribution in [0.25, 0.3) is 6.08 Å². The Kier molecular flexibility index (Phi) is 9.01. The van der Waals surface area contributed by atoms with Gasteiger partial charge in [0.05, 0.1) is 28.3 Å². The van der Waals surface area contributed by atoms with Crippen LogP contribution in [0.5, 0.6) is 11.5 Å². The third-order valence-electron chi connectivity index (χ3n) is 6.44. The molecule has 0 unspecified atom stereocenters. The maximum atomic E-state index is 13.2. The van der Waals surface area contributed by atoms with E-state index in [9.17, 15) is 4.79 Å². The molecule has 4 rings (SSSR count). The molecule has 2 aromatic carbocycles. The second-order valence-electron chi connectivity index (χ2n) is 8.99. The van der Waals surface area contributed by atoms with Crippen LogP contribution in [-0.2, 0) is 4.79 Å². The van der Waals surface area contributed by atoms with Gasteiger partial charge in [0, 0.05) is 25.3 Å². The van der Waals surface area contributed by atoms with E-state index >= 15 is 0 Å². The van der Waals surface area contributed by atoms with Gasteiger partial charge in [-0.15, -0.1) is 0 Å². The zero-order chi connectivity index (χ0) is 25.7. The lowest BCUT2D eigenvalue weighted by molar-refractivity contribution is -0.122. The van der Waals surface area contributed by atoms with Gasteiger partial charge in [-0.3, -0.25) is 9.69 Å². The van der Waals surface area contributed by atoms with Crippen LogP contribution >= 0.6 is 27.7 Å². The molecule has 1 atom stereocenters. The summed E-state index contributed by atoms with van der Waals surface area (Å²) in [5.74, 6) is 1.26. The SMILES string of the molecule is CC[C@@H](C)Oc1c(Br)cc(/C=C2\SC(=Nc3ccc(N4CCCCC4)cc3)N(CC)C2=O)cc1OC. The van der Waals surface area contributed by atoms with Crippen molar-refractivity contribution in [2.45, 2.75) is 52.6 Å². The number of carbonyl (C=O) groups excluding carboxylic acids is 1. The van der Waals surface area contributed by atoms with Crippen LogP contribution in [0, 0.1) is 0 Å². The first kappa shape index (κ1) is 26.6. The largest absolute Gasteiger partial charge is 0.493 e. The number of thioether (sulfide) groups is 1. The number of aliphatic imine (C=N–C) groups is 1. The second kappa shape index (κ2) is 12.2. The molecule has 36 heavy (non-hydrogen) atoms. The van der Waals surface area contributed by atoms with Crippen LogP contribution in [0.15, 0.2) is 50.8 Å². The quantitative estimate of drug-likeness (QED) is 0.312. The van der Waals surface area contributed by atoms with Gasteiger partial charge in [0.15, 0.2) is 16.7 Å². The van der Waals surface area contributed by atoms with Crippen molar-refractivity contribution in [2.75, 3.05) is 31.6 Å². The highest BCUT2D eigenvalue weighted by molar-refractivity contribution is 9.10. The van der Waals surface area contributed by atoms with Gasteiger partial charge in [-0.25, -0.2) is 4.99 Å². The summed E-state index contributed by atoms with van der Waals surface area (Å²) in [5.41, 5.74) is 2.94. The van der Waals surface area contributed by atoms with Gasteiger partial charge < -0.3 is 14.4 Å². The van der Waals surface area contributed by atoms with Crippen molar-refractivity contribution >= 4 is 56.2 Å². The average Bonchev–Trinajstić information content (AvgIpc) is 3.19. The molecule has 1 amide bonds. The van der Waals surface area contributed by atoms with Crippen molar-refractivity contribution in [3.8, 4) is 11.5 Å². The molecule has 6 nitrogen and oxygen atoms in total. The highest BCUT2D eigenvalue weighted by Gasteiger charge is 2.32. The predicted molar refractivity (Wildman–Crippen MR) is 154 cm³/mol.